The maximum Gasteiger partial charge on any atom is 0.220 e. The molecule has 3 nitrogen and oxygen atoms in total. The largest absolute Gasteiger partial charge is 0.396 e. The van der Waals surface area contributed by atoms with Crippen molar-refractivity contribution in [1.82, 2.24) is 0 Å². The normalized spacial score (nSPS) is 14.2. The van der Waals surface area contributed by atoms with Crippen LogP contribution < -0.4 is 5.73 Å². The number of aliphatic hydroxyl groups is 1. The highest BCUT2D eigenvalue weighted by Gasteiger charge is 2.24. The SMILES string of the molecule is CCCCC=CCCCCCCC(C(N)=O)C(CO)CCCC. The average molecular weight is 326 g/mol. The molecule has 2 atom stereocenters. The van der Waals surface area contributed by atoms with Crippen molar-refractivity contribution in [2.45, 2.75) is 90.9 Å². The molecule has 0 aliphatic rings. The molecule has 136 valence electrons. The van der Waals surface area contributed by atoms with E-state index in [4.69, 9.17) is 5.73 Å². The zero-order valence-corrected chi connectivity index (χ0v) is 15.4. The highest BCUT2D eigenvalue weighted by molar-refractivity contribution is 5.76. The fourth-order valence-corrected chi connectivity index (χ4v) is 3.03. The van der Waals surface area contributed by atoms with Crippen LogP contribution in [-0.2, 0) is 4.79 Å². The van der Waals surface area contributed by atoms with Crippen LogP contribution in [0.25, 0.3) is 0 Å². The summed E-state index contributed by atoms with van der Waals surface area (Å²) in [5, 5.41) is 9.52. The Labute approximate surface area is 143 Å². The molecular formula is C20H39NO2. The van der Waals surface area contributed by atoms with E-state index in [2.05, 4.69) is 26.0 Å². The molecule has 0 saturated carbocycles. The maximum absolute atomic E-state index is 11.7. The topological polar surface area (TPSA) is 63.3 Å². The number of amides is 1. The molecule has 0 heterocycles. The van der Waals surface area contributed by atoms with Gasteiger partial charge in [-0.3, -0.25) is 4.79 Å². The first kappa shape index (κ1) is 22.2. The number of nitrogens with two attached hydrogens (primary N) is 1. The number of carbonyl (C=O) groups is 1. The van der Waals surface area contributed by atoms with Crippen LogP contribution in [0.4, 0.5) is 0 Å². The lowest BCUT2D eigenvalue weighted by atomic mass is 9.84. The third-order valence-electron chi connectivity index (χ3n) is 4.62. The van der Waals surface area contributed by atoms with Crippen LogP contribution in [0, 0.1) is 11.8 Å². The van der Waals surface area contributed by atoms with Crippen LogP contribution in [-0.4, -0.2) is 17.6 Å². The Balaban J connectivity index is 3.83. The van der Waals surface area contributed by atoms with Gasteiger partial charge < -0.3 is 10.8 Å². The van der Waals surface area contributed by atoms with Crippen molar-refractivity contribution < 1.29 is 9.90 Å². The van der Waals surface area contributed by atoms with Crippen LogP contribution in [0.3, 0.4) is 0 Å². The second-order valence-electron chi connectivity index (χ2n) is 6.70. The number of hydrogen-bond donors (Lipinski definition) is 2. The van der Waals surface area contributed by atoms with Crippen molar-refractivity contribution in [3.63, 3.8) is 0 Å². The summed E-state index contributed by atoms with van der Waals surface area (Å²) >= 11 is 0. The number of carbonyl (C=O) groups excluding carboxylic acids is 1. The van der Waals surface area contributed by atoms with Crippen LogP contribution >= 0.6 is 0 Å². The van der Waals surface area contributed by atoms with E-state index in [0.717, 1.165) is 38.5 Å². The first-order valence-electron chi connectivity index (χ1n) is 9.72. The number of unbranched alkanes of at least 4 members (excludes halogenated alkanes) is 7. The summed E-state index contributed by atoms with van der Waals surface area (Å²) in [5.41, 5.74) is 5.55. The molecule has 0 aromatic carbocycles. The van der Waals surface area contributed by atoms with Gasteiger partial charge in [0, 0.05) is 12.5 Å². The summed E-state index contributed by atoms with van der Waals surface area (Å²) in [5.74, 6) is -0.339. The predicted octanol–water partition coefficient (Wildman–Crippen LogP) is 4.97. The Hall–Kier alpha value is -0.830. The summed E-state index contributed by atoms with van der Waals surface area (Å²) in [6.07, 6.45) is 18.0. The van der Waals surface area contributed by atoms with E-state index < -0.39 is 0 Å². The molecule has 0 saturated heterocycles. The van der Waals surface area contributed by atoms with Crippen LogP contribution in [0.15, 0.2) is 12.2 Å². The summed E-state index contributed by atoms with van der Waals surface area (Å²) in [4.78, 5) is 11.7. The molecule has 0 aromatic heterocycles. The van der Waals surface area contributed by atoms with Gasteiger partial charge in [-0.15, -0.1) is 0 Å². The van der Waals surface area contributed by atoms with E-state index in [1.807, 2.05) is 0 Å². The smallest absolute Gasteiger partial charge is 0.220 e. The molecule has 0 rings (SSSR count). The molecule has 3 N–H and O–H groups in total. The molecule has 0 aliphatic carbocycles. The van der Waals surface area contributed by atoms with Gasteiger partial charge in [-0.2, -0.15) is 0 Å². The van der Waals surface area contributed by atoms with Crippen molar-refractivity contribution in [2.75, 3.05) is 6.61 Å². The first-order chi connectivity index (χ1) is 11.2. The summed E-state index contributed by atoms with van der Waals surface area (Å²) in [6.45, 7) is 4.43. The molecule has 23 heavy (non-hydrogen) atoms. The third-order valence-corrected chi connectivity index (χ3v) is 4.62. The Morgan fingerprint density at radius 2 is 1.52 bits per heavy atom. The summed E-state index contributed by atoms with van der Waals surface area (Å²) in [6, 6.07) is 0. The van der Waals surface area contributed by atoms with Crippen LogP contribution in [0.2, 0.25) is 0 Å². The van der Waals surface area contributed by atoms with Gasteiger partial charge in [-0.1, -0.05) is 70.9 Å². The number of allylic oxidation sites excluding steroid dienone is 2. The Kier molecular flexibility index (Phi) is 15.5. The quantitative estimate of drug-likeness (QED) is 0.311. The van der Waals surface area contributed by atoms with Gasteiger partial charge in [0.05, 0.1) is 0 Å². The van der Waals surface area contributed by atoms with E-state index in [1.54, 1.807) is 0 Å². The fraction of sp³-hybridized carbons (Fsp3) is 0.850. The lowest BCUT2D eigenvalue weighted by Gasteiger charge is -2.22. The minimum absolute atomic E-state index is 0.0500. The van der Waals surface area contributed by atoms with Gasteiger partial charge in [0.1, 0.15) is 0 Å². The van der Waals surface area contributed by atoms with Gasteiger partial charge in [-0.05, 0) is 38.0 Å². The number of hydrogen-bond acceptors (Lipinski definition) is 2. The lowest BCUT2D eigenvalue weighted by Crippen LogP contribution is -2.32. The average Bonchev–Trinajstić information content (AvgIpc) is 2.54. The Morgan fingerprint density at radius 1 is 0.913 bits per heavy atom. The second kappa shape index (κ2) is 16.0. The van der Waals surface area contributed by atoms with Crippen molar-refractivity contribution in [3.05, 3.63) is 12.2 Å². The van der Waals surface area contributed by atoms with Crippen LogP contribution in [0.5, 0.6) is 0 Å². The molecule has 3 heteroatoms. The molecule has 0 fully saturated rings. The van der Waals surface area contributed by atoms with Crippen LogP contribution in [0.1, 0.15) is 90.9 Å². The fourth-order valence-electron chi connectivity index (χ4n) is 3.03. The molecule has 0 bridgehead atoms. The summed E-state index contributed by atoms with van der Waals surface area (Å²) < 4.78 is 0. The predicted molar refractivity (Wildman–Crippen MR) is 99.2 cm³/mol. The minimum atomic E-state index is -0.237. The highest BCUT2D eigenvalue weighted by atomic mass is 16.3. The molecular weight excluding hydrogens is 286 g/mol. The minimum Gasteiger partial charge on any atom is -0.396 e. The van der Waals surface area contributed by atoms with Gasteiger partial charge in [0.25, 0.3) is 0 Å². The summed E-state index contributed by atoms with van der Waals surface area (Å²) in [7, 11) is 0. The molecule has 0 aromatic rings. The van der Waals surface area contributed by atoms with E-state index in [-0.39, 0.29) is 24.3 Å². The number of primary amides is 1. The van der Waals surface area contributed by atoms with Gasteiger partial charge >= 0.3 is 0 Å². The van der Waals surface area contributed by atoms with Crippen molar-refractivity contribution in [1.29, 1.82) is 0 Å². The Bertz CT molecular complexity index is 302. The van der Waals surface area contributed by atoms with Crippen molar-refractivity contribution in [2.24, 2.45) is 17.6 Å². The zero-order chi connectivity index (χ0) is 17.3. The van der Waals surface area contributed by atoms with E-state index >= 15 is 0 Å². The third kappa shape index (κ3) is 12.3. The molecule has 2 unspecified atom stereocenters. The number of rotatable bonds is 16. The van der Waals surface area contributed by atoms with Crippen molar-refractivity contribution >= 4 is 5.91 Å². The van der Waals surface area contributed by atoms with Gasteiger partial charge in [0.15, 0.2) is 0 Å². The van der Waals surface area contributed by atoms with E-state index in [9.17, 15) is 9.90 Å². The number of aliphatic hydroxyl groups excluding tert-OH is 1. The van der Waals surface area contributed by atoms with E-state index in [0.29, 0.717) is 0 Å². The van der Waals surface area contributed by atoms with Gasteiger partial charge in [0.2, 0.25) is 5.91 Å². The maximum atomic E-state index is 11.7. The first-order valence-corrected chi connectivity index (χ1v) is 9.72. The van der Waals surface area contributed by atoms with E-state index in [1.165, 1.54) is 38.5 Å². The molecule has 0 radical (unpaired) electrons. The highest BCUT2D eigenvalue weighted by Crippen LogP contribution is 2.24. The molecule has 0 spiro atoms. The molecule has 1 amide bonds. The lowest BCUT2D eigenvalue weighted by molar-refractivity contribution is -0.124. The second-order valence-corrected chi connectivity index (χ2v) is 6.70. The zero-order valence-electron chi connectivity index (χ0n) is 15.4. The van der Waals surface area contributed by atoms with Gasteiger partial charge in [-0.25, -0.2) is 0 Å². The Morgan fingerprint density at radius 3 is 2.09 bits per heavy atom. The molecule has 0 aliphatic heterocycles. The monoisotopic (exact) mass is 325 g/mol. The standard InChI is InChI=1S/C20H39NO2/c1-3-5-7-8-9-10-11-12-13-14-16-19(20(21)23)18(17-22)15-6-4-2/h8-9,18-19,22H,3-7,10-17H2,1-2H3,(H2,21,23). The van der Waals surface area contributed by atoms with Crippen molar-refractivity contribution in [3.8, 4) is 0 Å².